The third kappa shape index (κ3) is 2.38. The minimum absolute atomic E-state index is 0.0190. The summed E-state index contributed by atoms with van der Waals surface area (Å²) in [5.41, 5.74) is 0. The Bertz CT molecular complexity index is 530. The predicted octanol–water partition coefficient (Wildman–Crippen LogP) is 2.16. The van der Waals surface area contributed by atoms with Gasteiger partial charge in [-0.3, -0.25) is 4.79 Å². The van der Waals surface area contributed by atoms with Crippen molar-refractivity contribution in [2.24, 2.45) is 4.99 Å². The molecule has 0 fully saturated rings. The van der Waals surface area contributed by atoms with Crippen molar-refractivity contribution in [1.82, 2.24) is 4.98 Å². The van der Waals surface area contributed by atoms with Crippen LogP contribution in [-0.4, -0.2) is 25.9 Å². The van der Waals surface area contributed by atoms with E-state index in [1.165, 1.54) is 17.8 Å². The molecule has 0 radical (unpaired) electrons. The third-order valence-corrected chi connectivity index (χ3v) is 3.70. The molecule has 2 heterocycles. The van der Waals surface area contributed by atoms with Crippen molar-refractivity contribution in [2.75, 3.05) is 5.32 Å². The summed E-state index contributed by atoms with van der Waals surface area (Å²) in [7, 11) is 0. The Labute approximate surface area is 109 Å². The number of amidine groups is 1. The van der Waals surface area contributed by atoms with E-state index in [1.807, 2.05) is 6.92 Å². The largest absolute Gasteiger partial charge is 0.504 e. The van der Waals surface area contributed by atoms with E-state index in [-0.39, 0.29) is 11.7 Å². The average molecular weight is 263 g/mol. The van der Waals surface area contributed by atoms with Crippen molar-refractivity contribution >= 4 is 28.7 Å². The zero-order chi connectivity index (χ0) is 13.2. The summed E-state index contributed by atoms with van der Waals surface area (Å²) in [5, 5.41) is 12.9. The zero-order valence-corrected chi connectivity index (χ0v) is 10.7. The van der Waals surface area contributed by atoms with Gasteiger partial charge in [0.15, 0.2) is 16.7 Å². The molecule has 1 amide bonds. The SMILES string of the molecule is C=CCC1(C)SC(Nc2ncccc2O)=NC1=O. The molecule has 6 heteroatoms. The van der Waals surface area contributed by atoms with Crippen LogP contribution in [0.5, 0.6) is 5.75 Å². The van der Waals surface area contributed by atoms with Crippen molar-refractivity contribution in [1.29, 1.82) is 0 Å². The van der Waals surface area contributed by atoms with E-state index in [0.29, 0.717) is 17.4 Å². The first-order valence-electron chi connectivity index (χ1n) is 5.39. The van der Waals surface area contributed by atoms with Gasteiger partial charge in [0.2, 0.25) is 0 Å². The molecule has 0 spiro atoms. The Hall–Kier alpha value is -1.82. The van der Waals surface area contributed by atoms with Gasteiger partial charge in [0.25, 0.3) is 5.91 Å². The third-order valence-electron chi connectivity index (χ3n) is 2.52. The minimum atomic E-state index is -0.617. The fraction of sp³-hybridized carbons (Fsp3) is 0.250. The average Bonchev–Trinajstić information content (AvgIpc) is 2.58. The van der Waals surface area contributed by atoms with E-state index in [4.69, 9.17) is 0 Å². The van der Waals surface area contributed by atoms with E-state index < -0.39 is 4.75 Å². The highest BCUT2D eigenvalue weighted by atomic mass is 32.2. The lowest BCUT2D eigenvalue weighted by Gasteiger charge is -2.17. The number of allylic oxidation sites excluding steroid dienone is 1. The summed E-state index contributed by atoms with van der Waals surface area (Å²) >= 11 is 1.32. The Morgan fingerprint density at radius 2 is 2.44 bits per heavy atom. The number of hydrogen-bond donors (Lipinski definition) is 2. The summed E-state index contributed by atoms with van der Waals surface area (Å²) in [4.78, 5) is 19.7. The van der Waals surface area contributed by atoms with E-state index >= 15 is 0 Å². The van der Waals surface area contributed by atoms with Crippen molar-refractivity contribution in [3.8, 4) is 5.75 Å². The van der Waals surface area contributed by atoms with Gasteiger partial charge in [0.1, 0.15) is 4.75 Å². The number of hydrogen-bond acceptors (Lipinski definition) is 5. The first kappa shape index (κ1) is 12.6. The molecule has 1 aromatic heterocycles. The molecule has 0 aromatic carbocycles. The standard InChI is InChI=1S/C12H13N3O2S/c1-3-6-12(2)10(17)15-11(18-12)14-9-8(16)5-4-7-13-9/h3-5,7,16H,1,6H2,2H3,(H,13,14,15,17). The fourth-order valence-corrected chi connectivity index (χ4v) is 2.58. The maximum atomic E-state index is 11.8. The van der Waals surface area contributed by atoms with Crippen LogP contribution >= 0.6 is 11.8 Å². The lowest BCUT2D eigenvalue weighted by molar-refractivity contribution is -0.119. The van der Waals surface area contributed by atoms with E-state index in [1.54, 1.807) is 18.3 Å². The molecule has 1 aliphatic rings. The first-order valence-corrected chi connectivity index (χ1v) is 6.21. The predicted molar refractivity (Wildman–Crippen MR) is 72.8 cm³/mol. The molecule has 0 bridgehead atoms. The minimum Gasteiger partial charge on any atom is -0.504 e. The number of nitrogens with zero attached hydrogens (tertiary/aromatic N) is 2. The van der Waals surface area contributed by atoms with Crippen LogP contribution in [-0.2, 0) is 4.79 Å². The van der Waals surface area contributed by atoms with Crippen LogP contribution in [0.15, 0.2) is 36.0 Å². The number of pyridine rings is 1. The second-order valence-corrected chi connectivity index (χ2v) is 5.54. The highest BCUT2D eigenvalue weighted by Crippen LogP contribution is 2.37. The summed E-state index contributed by atoms with van der Waals surface area (Å²) in [6.45, 7) is 5.46. The van der Waals surface area contributed by atoms with Gasteiger partial charge in [-0.15, -0.1) is 6.58 Å². The molecule has 0 saturated carbocycles. The summed E-state index contributed by atoms with van der Waals surface area (Å²) in [6, 6.07) is 3.14. The normalized spacial score (nSPS) is 22.7. The number of thioether (sulfide) groups is 1. The van der Waals surface area contributed by atoms with Crippen LogP contribution < -0.4 is 5.32 Å². The van der Waals surface area contributed by atoms with Crippen LogP contribution in [0, 0.1) is 0 Å². The highest BCUT2D eigenvalue weighted by Gasteiger charge is 2.40. The first-order chi connectivity index (χ1) is 8.55. The Morgan fingerprint density at radius 3 is 3.11 bits per heavy atom. The van der Waals surface area contributed by atoms with Crippen molar-refractivity contribution < 1.29 is 9.90 Å². The summed E-state index contributed by atoms with van der Waals surface area (Å²) < 4.78 is -0.617. The molecule has 1 aliphatic heterocycles. The highest BCUT2D eigenvalue weighted by molar-refractivity contribution is 8.16. The van der Waals surface area contributed by atoms with Gasteiger partial charge in [-0.1, -0.05) is 17.8 Å². The number of aromatic hydroxyl groups is 1. The summed E-state index contributed by atoms with van der Waals surface area (Å²) in [5.74, 6) is 0.107. The number of carbonyl (C=O) groups excluding carboxylic acids is 1. The van der Waals surface area contributed by atoms with E-state index in [9.17, 15) is 9.90 Å². The number of carbonyl (C=O) groups is 1. The Balaban J connectivity index is 2.14. The Kier molecular flexibility index (Phi) is 3.38. The van der Waals surface area contributed by atoms with Gasteiger partial charge >= 0.3 is 0 Å². The molecule has 2 rings (SSSR count). The second-order valence-electron chi connectivity index (χ2n) is 4.04. The number of amides is 1. The monoisotopic (exact) mass is 263 g/mol. The second kappa shape index (κ2) is 4.81. The van der Waals surface area contributed by atoms with Crippen LogP contribution in [0.4, 0.5) is 5.82 Å². The van der Waals surface area contributed by atoms with Gasteiger partial charge in [-0.2, -0.15) is 4.99 Å². The molecule has 1 unspecified atom stereocenters. The summed E-state index contributed by atoms with van der Waals surface area (Å²) in [6.07, 6.45) is 3.79. The van der Waals surface area contributed by atoms with Gasteiger partial charge in [0, 0.05) is 6.20 Å². The maximum Gasteiger partial charge on any atom is 0.264 e. The van der Waals surface area contributed by atoms with Crippen molar-refractivity contribution in [3.05, 3.63) is 31.0 Å². The van der Waals surface area contributed by atoms with E-state index in [2.05, 4.69) is 21.9 Å². The zero-order valence-electron chi connectivity index (χ0n) is 9.88. The van der Waals surface area contributed by atoms with Crippen LogP contribution in [0.2, 0.25) is 0 Å². The van der Waals surface area contributed by atoms with E-state index in [0.717, 1.165) is 0 Å². The van der Waals surface area contributed by atoms with Gasteiger partial charge in [0.05, 0.1) is 0 Å². The smallest absolute Gasteiger partial charge is 0.264 e. The number of nitrogens with one attached hydrogen (secondary N) is 1. The molecule has 94 valence electrons. The number of anilines is 1. The Morgan fingerprint density at radius 1 is 1.67 bits per heavy atom. The lowest BCUT2D eigenvalue weighted by Crippen LogP contribution is -2.26. The number of aromatic nitrogens is 1. The quantitative estimate of drug-likeness (QED) is 0.817. The lowest BCUT2D eigenvalue weighted by atomic mass is 10.1. The number of rotatable bonds is 3. The topological polar surface area (TPSA) is 74.6 Å². The van der Waals surface area contributed by atoms with Crippen LogP contribution in [0.3, 0.4) is 0 Å². The molecular weight excluding hydrogens is 250 g/mol. The molecule has 2 N–H and O–H groups in total. The number of aliphatic imine (C=N–C) groups is 1. The fourth-order valence-electron chi connectivity index (χ4n) is 1.54. The van der Waals surface area contributed by atoms with Crippen LogP contribution in [0.1, 0.15) is 13.3 Å². The molecular formula is C12H13N3O2S. The van der Waals surface area contributed by atoms with Crippen molar-refractivity contribution in [3.63, 3.8) is 0 Å². The molecule has 0 aliphatic carbocycles. The van der Waals surface area contributed by atoms with Crippen LogP contribution in [0.25, 0.3) is 0 Å². The van der Waals surface area contributed by atoms with Gasteiger partial charge in [-0.05, 0) is 25.5 Å². The molecule has 1 atom stereocenters. The van der Waals surface area contributed by atoms with Gasteiger partial charge < -0.3 is 10.4 Å². The maximum absolute atomic E-state index is 11.8. The molecule has 5 nitrogen and oxygen atoms in total. The van der Waals surface area contributed by atoms with Gasteiger partial charge in [-0.25, -0.2) is 4.98 Å². The molecule has 0 saturated heterocycles. The van der Waals surface area contributed by atoms with Crippen molar-refractivity contribution in [2.45, 2.75) is 18.1 Å². The molecule has 1 aromatic rings. The molecule has 18 heavy (non-hydrogen) atoms.